The van der Waals surface area contributed by atoms with E-state index in [-0.39, 0.29) is 36.0 Å². The number of rotatable bonds is 5. The van der Waals surface area contributed by atoms with Crippen LogP contribution < -0.4 is 11.1 Å². The summed E-state index contributed by atoms with van der Waals surface area (Å²) in [7, 11) is 0. The molecule has 0 saturated heterocycles. The molecule has 4 nitrogen and oxygen atoms in total. The van der Waals surface area contributed by atoms with Crippen LogP contribution in [0.2, 0.25) is 0 Å². The van der Waals surface area contributed by atoms with Gasteiger partial charge in [-0.25, -0.2) is 0 Å². The Bertz CT molecular complexity index is 89.7. The molecule has 0 atom stereocenters. The second-order valence-corrected chi connectivity index (χ2v) is 1.68. The summed E-state index contributed by atoms with van der Waals surface area (Å²) in [5, 5.41) is 11.0. The number of carboxylic acid groups (broad SMARTS) is 1. The van der Waals surface area contributed by atoms with Gasteiger partial charge in [0.25, 0.3) is 0 Å². The van der Waals surface area contributed by atoms with E-state index in [9.17, 15) is 4.79 Å². The normalized spacial score (nSPS) is 8.50. The Labute approximate surface area is 82.5 Å². The van der Waals surface area contributed by atoms with Crippen molar-refractivity contribution in [2.45, 2.75) is 6.42 Å². The van der Waals surface area contributed by atoms with Crippen molar-refractivity contribution in [1.29, 1.82) is 0 Å². The average molecular weight is 156 g/mol. The van der Waals surface area contributed by atoms with Crippen molar-refractivity contribution in [2.75, 3.05) is 19.6 Å². The molecule has 0 bridgehead atoms. The Morgan fingerprint density at radius 2 is 2.10 bits per heavy atom. The predicted octanol–water partition coefficient (Wildman–Crippen LogP) is -1.64. The fraction of sp³-hybridized carbons (Fsp3) is 0.800. The van der Waals surface area contributed by atoms with Crippen molar-refractivity contribution in [1.82, 2.24) is 5.32 Å². The number of hydrogen-bond donors (Lipinski definition) is 3. The van der Waals surface area contributed by atoms with Gasteiger partial charge in [-0.15, -0.1) is 0 Å². The van der Waals surface area contributed by atoms with Crippen LogP contribution >= 0.6 is 0 Å². The first-order valence-electron chi connectivity index (χ1n) is 2.90. The number of nitrogens with two attached hydrogens (primary N) is 1. The van der Waals surface area contributed by atoms with E-state index in [0.717, 1.165) is 0 Å². The molecule has 0 aliphatic heterocycles. The number of carboxylic acids is 1. The molecule has 0 radical (unpaired) electrons. The molecular weight excluding hydrogens is 143 g/mol. The number of carbonyl (C=O) groups is 1. The monoisotopic (exact) mass is 156 g/mol. The summed E-state index contributed by atoms with van der Waals surface area (Å²) in [6.07, 6.45) is 0.167. The predicted molar refractivity (Wildman–Crippen MR) is 41.3 cm³/mol. The molecule has 4 N–H and O–H groups in total. The molecule has 56 valence electrons. The van der Waals surface area contributed by atoms with Crippen molar-refractivity contribution in [2.24, 2.45) is 5.73 Å². The summed E-state index contributed by atoms with van der Waals surface area (Å²) >= 11 is 0. The Morgan fingerprint density at radius 3 is 2.50 bits per heavy atom. The van der Waals surface area contributed by atoms with Crippen LogP contribution in [-0.2, 0) is 4.79 Å². The molecule has 0 aromatic rings. The van der Waals surface area contributed by atoms with Crippen LogP contribution in [0.5, 0.6) is 0 Å². The zero-order chi connectivity index (χ0) is 7.11. The van der Waals surface area contributed by atoms with Crippen LogP contribution in [0, 0.1) is 0 Å². The van der Waals surface area contributed by atoms with E-state index in [2.05, 4.69) is 5.32 Å². The van der Waals surface area contributed by atoms with Gasteiger partial charge in [0.05, 0.1) is 6.42 Å². The van der Waals surface area contributed by atoms with E-state index in [1.807, 2.05) is 0 Å². The number of nitrogens with one attached hydrogen (secondary N) is 1. The molecular formula is C5H13N2NaO2. The van der Waals surface area contributed by atoms with Crippen LogP contribution in [0.1, 0.15) is 6.42 Å². The SMILES string of the molecule is NCCNCCC(=O)O.[NaH]. The van der Waals surface area contributed by atoms with Crippen LogP contribution in [0.15, 0.2) is 0 Å². The minimum atomic E-state index is -0.778. The molecule has 0 unspecified atom stereocenters. The molecule has 0 amide bonds. The summed E-state index contributed by atoms with van der Waals surface area (Å²) in [6, 6.07) is 0. The minimum absolute atomic E-state index is 0. The fourth-order valence-electron chi connectivity index (χ4n) is 0.422. The van der Waals surface area contributed by atoms with Crippen molar-refractivity contribution in [3.05, 3.63) is 0 Å². The van der Waals surface area contributed by atoms with Gasteiger partial charge in [0.15, 0.2) is 0 Å². The molecule has 0 aromatic heterocycles. The topological polar surface area (TPSA) is 75.3 Å². The molecule has 0 rings (SSSR count). The molecule has 5 heteroatoms. The van der Waals surface area contributed by atoms with Crippen molar-refractivity contribution in [3.8, 4) is 0 Å². The maximum absolute atomic E-state index is 9.89. The van der Waals surface area contributed by atoms with Crippen LogP contribution in [0.4, 0.5) is 0 Å². The summed E-state index contributed by atoms with van der Waals surface area (Å²) < 4.78 is 0. The van der Waals surface area contributed by atoms with Gasteiger partial charge in [-0.3, -0.25) is 4.79 Å². The second kappa shape index (κ2) is 9.39. The molecule has 0 fully saturated rings. The van der Waals surface area contributed by atoms with E-state index in [4.69, 9.17) is 10.8 Å². The summed E-state index contributed by atoms with van der Waals surface area (Å²) in [4.78, 5) is 9.89. The van der Waals surface area contributed by atoms with Crippen molar-refractivity contribution < 1.29 is 9.90 Å². The molecule has 0 heterocycles. The molecule has 0 spiro atoms. The second-order valence-electron chi connectivity index (χ2n) is 1.68. The Balaban J connectivity index is 0. The number of hydrogen-bond acceptors (Lipinski definition) is 3. The fourth-order valence-corrected chi connectivity index (χ4v) is 0.422. The zero-order valence-electron chi connectivity index (χ0n) is 5.26. The third kappa shape index (κ3) is 11.2. The molecule has 0 saturated carbocycles. The van der Waals surface area contributed by atoms with Crippen molar-refractivity contribution in [3.63, 3.8) is 0 Å². The van der Waals surface area contributed by atoms with Crippen molar-refractivity contribution >= 4 is 35.5 Å². The van der Waals surface area contributed by atoms with E-state index in [0.29, 0.717) is 19.6 Å². The summed E-state index contributed by atoms with van der Waals surface area (Å²) in [5.41, 5.74) is 5.14. The maximum atomic E-state index is 9.89. The van der Waals surface area contributed by atoms with Crippen LogP contribution in [0.25, 0.3) is 0 Å². The average Bonchev–Trinajstić information content (AvgIpc) is 1.80. The Hall–Kier alpha value is 0.390. The Kier molecular flexibility index (Phi) is 12.2. The van der Waals surface area contributed by atoms with Crippen LogP contribution in [0.3, 0.4) is 0 Å². The summed E-state index contributed by atoms with van der Waals surface area (Å²) in [6.45, 7) is 1.75. The van der Waals surface area contributed by atoms with Gasteiger partial charge in [-0.1, -0.05) is 0 Å². The van der Waals surface area contributed by atoms with Gasteiger partial charge in [0, 0.05) is 19.6 Å². The van der Waals surface area contributed by atoms with Gasteiger partial charge in [0.2, 0.25) is 0 Å². The summed E-state index contributed by atoms with van der Waals surface area (Å²) in [5.74, 6) is -0.778. The van der Waals surface area contributed by atoms with E-state index in [1.54, 1.807) is 0 Å². The van der Waals surface area contributed by atoms with Gasteiger partial charge >= 0.3 is 35.5 Å². The molecule has 0 aliphatic rings. The molecule has 0 aromatic carbocycles. The van der Waals surface area contributed by atoms with Gasteiger partial charge < -0.3 is 16.2 Å². The first kappa shape index (κ1) is 13.0. The number of aliphatic carboxylic acids is 1. The van der Waals surface area contributed by atoms with Gasteiger partial charge in [-0.05, 0) is 0 Å². The Morgan fingerprint density at radius 1 is 1.50 bits per heavy atom. The zero-order valence-corrected chi connectivity index (χ0v) is 5.26. The van der Waals surface area contributed by atoms with E-state index >= 15 is 0 Å². The molecule has 0 aliphatic carbocycles. The van der Waals surface area contributed by atoms with Gasteiger partial charge in [0.1, 0.15) is 0 Å². The first-order valence-corrected chi connectivity index (χ1v) is 2.90. The van der Waals surface area contributed by atoms with Gasteiger partial charge in [-0.2, -0.15) is 0 Å². The standard InChI is InChI=1S/C5H12N2O2.Na.H/c6-2-4-7-3-1-5(8)9;;/h7H,1-4,6H2,(H,8,9);;. The third-order valence-corrected chi connectivity index (χ3v) is 0.837. The third-order valence-electron chi connectivity index (χ3n) is 0.837. The van der Waals surface area contributed by atoms with E-state index in [1.165, 1.54) is 0 Å². The van der Waals surface area contributed by atoms with E-state index < -0.39 is 5.97 Å². The first-order chi connectivity index (χ1) is 4.27. The van der Waals surface area contributed by atoms with Crippen LogP contribution in [-0.4, -0.2) is 60.3 Å². The molecule has 10 heavy (non-hydrogen) atoms. The quantitative estimate of drug-likeness (QED) is 0.329.